The van der Waals surface area contributed by atoms with E-state index < -0.39 is 0 Å². The first kappa shape index (κ1) is 11.7. The van der Waals surface area contributed by atoms with E-state index in [1.54, 1.807) is 6.07 Å². The molecule has 1 rings (SSSR count). The smallest absolute Gasteiger partial charge is 1.00 e. The van der Waals surface area contributed by atoms with E-state index in [2.05, 4.69) is 15.9 Å². The fourth-order valence-corrected chi connectivity index (χ4v) is 1.27. The van der Waals surface area contributed by atoms with Crippen molar-refractivity contribution in [2.24, 2.45) is 0 Å². The van der Waals surface area contributed by atoms with Gasteiger partial charge in [0.25, 0.3) is 0 Å². The summed E-state index contributed by atoms with van der Waals surface area (Å²) in [5.74, 6) is -0.221. The first-order valence-corrected chi connectivity index (χ1v) is 4.24. The summed E-state index contributed by atoms with van der Waals surface area (Å²) in [6.45, 7) is 0. The predicted molar refractivity (Wildman–Crippen MR) is 52.0 cm³/mol. The van der Waals surface area contributed by atoms with Gasteiger partial charge in [-0.3, -0.25) is 0 Å². The zero-order valence-corrected chi connectivity index (χ0v) is 9.54. The Morgan fingerprint density at radius 1 is 1.55 bits per heavy atom. The minimum atomic E-state index is -0.221. The molecule has 58 valence electrons. The van der Waals surface area contributed by atoms with Gasteiger partial charge < -0.3 is 2.85 Å². The molecule has 0 N–H and O–H groups in total. The minimum absolute atomic E-state index is 0. The van der Waals surface area contributed by atoms with Gasteiger partial charge in [0.15, 0.2) is 0 Å². The summed E-state index contributed by atoms with van der Waals surface area (Å²) in [6, 6.07) is 4.49. The fourth-order valence-electron chi connectivity index (χ4n) is 0.646. The Morgan fingerprint density at radius 3 is 2.64 bits per heavy atom. The molecule has 0 fully saturated rings. The van der Waals surface area contributed by atoms with Crippen molar-refractivity contribution in [3.8, 4) is 0 Å². The van der Waals surface area contributed by atoms with E-state index in [0.29, 0.717) is 15.9 Å². The van der Waals surface area contributed by atoms with Crippen molar-refractivity contribution >= 4 is 50.6 Å². The van der Waals surface area contributed by atoms with E-state index in [-0.39, 0.29) is 31.7 Å². The van der Waals surface area contributed by atoms with Crippen LogP contribution in [0, 0.1) is 5.82 Å². The van der Waals surface area contributed by atoms with Crippen LogP contribution in [0.1, 0.15) is 8.42 Å². The second-order valence-electron chi connectivity index (χ2n) is 1.87. The van der Waals surface area contributed by atoms with Crippen LogP contribution in [0.15, 0.2) is 18.2 Å². The zero-order valence-electron chi connectivity index (χ0n) is 7.78. The quantitative estimate of drug-likeness (QED) is 0.530. The van der Waals surface area contributed by atoms with Gasteiger partial charge in [-0.25, -0.2) is 4.39 Å². The van der Waals surface area contributed by atoms with Crippen LogP contribution >= 0.6 is 27.5 Å². The van der Waals surface area contributed by atoms with Crippen LogP contribution in [0.25, 0.3) is 0 Å². The molecule has 1 aromatic rings. The summed E-state index contributed by atoms with van der Waals surface area (Å²) in [5.41, 5.74) is 0.590. The van der Waals surface area contributed by atoms with Crippen molar-refractivity contribution in [1.82, 2.24) is 0 Å². The van der Waals surface area contributed by atoms with Gasteiger partial charge in [0, 0.05) is 10.4 Å². The molecule has 0 aliphatic rings. The molecular formula is C7H7BrClFMg. The van der Waals surface area contributed by atoms with Gasteiger partial charge in [0.2, 0.25) is 0 Å². The topological polar surface area (TPSA) is 0 Å². The van der Waals surface area contributed by atoms with Crippen molar-refractivity contribution in [2.75, 3.05) is 0 Å². The molecule has 0 heterocycles. The third-order valence-electron chi connectivity index (χ3n) is 1.15. The summed E-state index contributed by atoms with van der Waals surface area (Å²) in [6.07, 6.45) is 0. The third-order valence-corrected chi connectivity index (χ3v) is 1.99. The molecule has 0 radical (unpaired) electrons. The molecule has 0 aromatic heterocycles. The number of alkyl halides is 1. The van der Waals surface area contributed by atoms with Crippen LogP contribution in [0.5, 0.6) is 0 Å². The maximum Gasteiger partial charge on any atom is 2.00 e. The van der Waals surface area contributed by atoms with Gasteiger partial charge in [0.1, 0.15) is 5.82 Å². The maximum absolute atomic E-state index is 12.7. The molecule has 0 saturated carbocycles. The monoisotopic (exact) mass is 248 g/mol. The molecule has 1 aromatic carbocycles. The SMILES string of the molecule is Fc1ccc(Cl)cc1CBr.[H-].[H-].[Mg+2]. The molecule has 4 heteroatoms. The van der Waals surface area contributed by atoms with E-state index in [1.807, 2.05) is 0 Å². The van der Waals surface area contributed by atoms with Gasteiger partial charge in [-0.2, -0.15) is 0 Å². The predicted octanol–water partition coefficient (Wildman–Crippen LogP) is 3.22. The molecule has 0 bridgehead atoms. The van der Waals surface area contributed by atoms with Crippen molar-refractivity contribution in [1.29, 1.82) is 0 Å². The second-order valence-corrected chi connectivity index (χ2v) is 2.87. The number of hydrogen-bond donors (Lipinski definition) is 0. The molecule has 0 spiro atoms. The van der Waals surface area contributed by atoms with Crippen LogP contribution in [0.2, 0.25) is 5.02 Å². The minimum Gasteiger partial charge on any atom is -1.00 e. The molecule has 0 nitrogen and oxygen atoms in total. The van der Waals surface area contributed by atoms with Crippen LogP contribution < -0.4 is 0 Å². The molecular weight excluding hydrogens is 243 g/mol. The van der Waals surface area contributed by atoms with Crippen LogP contribution in [-0.4, -0.2) is 23.1 Å². The molecule has 11 heavy (non-hydrogen) atoms. The second kappa shape index (κ2) is 5.35. The largest absolute Gasteiger partial charge is 2.00 e. The van der Waals surface area contributed by atoms with Gasteiger partial charge in [0.05, 0.1) is 0 Å². The summed E-state index contributed by atoms with van der Waals surface area (Å²) < 4.78 is 12.7. The normalized spacial score (nSPS) is 9.00. The summed E-state index contributed by atoms with van der Waals surface area (Å²) in [7, 11) is 0. The number of halogens is 3. The third kappa shape index (κ3) is 3.28. The van der Waals surface area contributed by atoms with Crippen LogP contribution in [-0.2, 0) is 5.33 Å². The summed E-state index contributed by atoms with van der Waals surface area (Å²) in [5, 5.41) is 1.07. The van der Waals surface area contributed by atoms with E-state index in [4.69, 9.17) is 11.6 Å². The fraction of sp³-hybridized carbons (Fsp3) is 0.143. The molecule has 0 amide bonds. The zero-order chi connectivity index (χ0) is 7.56. The average molecular weight is 250 g/mol. The number of hydrogen-bond acceptors (Lipinski definition) is 0. The number of rotatable bonds is 1. The van der Waals surface area contributed by atoms with Gasteiger partial charge >= 0.3 is 23.1 Å². The Morgan fingerprint density at radius 2 is 2.18 bits per heavy atom. The van der Waals surface area contributed by atoms with Crippen molar-refractivity contribution in [3.63, 3.8) is 0 Å². The van der Waals surface area contributed by atoms with Crippen molar-refractivity contribution < 1.29 is 7.24 Å². The molecule has 0 unspecified atom stereocenters. The molecule has 0 atom stereocenters. The van der Waals surface area contributed by atoms with Crippen molar-refractivity contribution in [3.05, 3.63) is 34.6 Å². The maximum atomic E-state index is 12.7. The Bertz CT molecular complexity index is 250. The van der Waals surface area contributed by atoms with E-state index in [1.165, 1.54) is 12.1 Å². The van der Waals surface area contributed by atoms with Crippen LogP contribution in [0.4, 0.5) is 4.39 Å². The van der Waals surface area contributed by atoms with Gasteiger partial charge in [-0.05, 0) is 23.8 Å². The average Bonchev–Trinajstić information content (AvgIpc) is 1.94. The van der Waals surface area contributed by atoms with Gasteiger partial charge in [-0.1, -0.05) is 27.5 Å². The Kier molecular flexibility index (Phi) is 5.69. The van der Waals surface area contributed by atoms with Gasteiger partial charge in [-0.15, -0.1) is 0 Å². The molecule has 0 saturated heterocycles. The first-order valence-electron chi connectivity index (χ1n) is 2.74. The van der Waals surface area contributed by atoms with E-state index in [0.717, 1.165) is 0 Å². The van der Waals surface area contributed by atoms with E-state index in [9.17, 15) is 4.39 Å². The van der Waals surface area contributed by atoms with Crippen molar-refractivity contribution in [2.45, 2.75) is 5.33 Å². The Balaban J connectivity index is -0.000000333. The van der Waals surface area contributed by atoms with Crippen LogP contribution in [0.3, 0.4) is 0 Å². The first-order chi connectivity index (χ1) is 4.74. The van der Waals surface area contributed by atoms with E-state index >= 15 is 0 Å². The molecule has 0 aliphatic heterocycles. The standard InChI is InChI=1S/C7H5BrClF.Mg.2H/c8-4-5-3-6(9)1-2-7(5)10;;;/h1-3H,4H2;;;/q;+2;2*-1. The Labute approximate surface area is 97.4 Å². The number of benzene rings is 1. The summed E-state index contributed by atoms with van der Waals surface area (Å²) >= 11 is 8.75. The summed E-state index contributed by atoms with van der Waals surface area (Å²) in [4.78, 5) is 0. The molecule has 0 aliphatic carbocycles. The Hall–Kier alpha value is 0.686.